The lowest BCUT2D eigenvalue weighted by Gasteiger charge is -2.44. The number of aliphatic hydroxyl groups is 1. The van der Waals surface area contributed by atoms with Crippen molar-refractivity contribution >= 4 is 23.6 Å². The molecule has 0 aromatic heterocycles. The number of aliphatic hydroxyl groups excluding tert-OH is 1. The number of nitrogens with zero attached hydrogens (tertiary/aromatic N) is 1. The smallest absolute Gasteiger partial charge is 0.352 e. The number of carboxylic acid groups (broad SMARTS) is 1. The average molecular weight is 283 g/mol. The molecule has 0 aromatic rings. The molecule has 0 unspecified atom stereocenters. The minimum Gasteiger partial charge on any atom is -0.477 e. The molecule has 3 aliphatic heterocycles. The topological polar surface area (TPSA) is 77.8 Å². The van der Waals surface area contributed by atoms with Crippen LogP contribution < -0.4 is 0 Å². The standard InChI is InChI=1S/C13H17NO4S/c1-6(15)10-8-5-7(9-3-2-4-19-9)11(13(17)18)14(8)12(10)16/h6,8-10,15H,2-5H2,1H3,(H,17,18)/t6-,8-,9+,10-/m1/s1. The molecule has 2 N–H and O–H groups in total. The zero-order chi connectivity index (χ0) is 13.7. The van der Waals surface area contributed by atoms with Crippen LogP contribution in [0.25, 0.3) is 0 Å². The van der Waals surface area contributed by atoms with E-state index in [1.54, 1.807) is 18.7 Å². The highest BCUT2D eigenvalue weighted by molar-refractivity contribution is 8.00. The maximum Gasteiger partial charge on any atom is 0.352 e. The van der Waals surface area contributed by atoms with E-state index in [1.165, 1.54) is 4.90 Å². The molecule has 0 saturated carbocycles. The third-order valence-electron chi connectivity index (χ3n) is 4.28. The zero-order valence-corrected chi connectivity index (χ0v) is 11.5. The van der Waals surface area contributed by atoms with Gasteiger partial charge in [0.2, 0.25) is 5.91 Å². The molecule has 0 aliphatic carbocycles. The van der Waals surface area contributed by atoms with Crippen LogP contribution in [-0.2, 0) is 9.59 Å². The molecule has 104 valence electrons. The fourth-order valence-corrected chi connectivity index (χ4v) is 4.80. The highest BCUT2D eigenvalue weighted by Gasteiger charge is 2.57. The number of hydrogen-bond donors (Lipinski definition) is 2. The molecular formula is C13H17NO4S. The predicted molar refractivity (Wildman–Crippen MR) is 70.6 cm³/mol. The molecule has 6 heteroatoms. The minimum atomic E-state index is -1.01. The molecule has 1 amide bonds. The zero-order valence-electron chi connectivity index (χ0n) is 10.7. The normalized spacial score (nSPS) is 35.4. The lowest BCUT2D eigenvalue weighted by atomic mass is 9.82. The van der Waals surface area contributed by atoms with E-state index in [0.717, 1.165) is 24.2 Å². The van der Waals surface area contributed by atoms with Gasteiger partial charge in [-0.25, -0.2) is 4.79 Å². The van der Waals surface area contributed by atoms with E-state index < -0.39 is 18.0 Å². The quantitative estimate of drug-likeness (QED) is 0.750. The molecule has 4 atom stereocenters. The van der Waals surface area contributed by atoms with Gasteiger partial charge in [0.1, 0.15) is 5.70 Å². The summed E-state index contributed by atoms with van der Waals surface area (Å²) >= 11 is 1.78. The summed E-state index contributed by atoms with van der Waals surface area (Å²) in [6.07, 6.45) is 2.00. The van der Waals surface area contributed by atoms with Gasteiger partial charge >= 0.3 is 5.97 Å². The fraction of sp³-hybridized carbons (Fsp3) is 0.692. The first-order valence-corrected chi connectivity index (χ1v) is 7.66. The number of carbonyl (C=O) groups excluding carboxylic acids is 1. The summed E-state index contributed by atoms with van der Waals surface area (Å²) in [5.74, 6) is -0.629. The van der Waals surface area contributed by atoms with Crippen LogP contribution in [0.5, 0.6) is 0 Å². The second-order valence-corrected chi connectivity index (χ2v) is 6.74. The van der Waals surface area contributed by atoms with E-state index in [9.17, 15) is 19.8 Å². The van der Waals surface area contributed by atoms with Gasteiger partial charge in [0.25, 0.3) is 0 Å². The molecule has 0 radical (unpaired) electrons. The first-order chi connectivity index (χ1) is 9.02. The predicted octanol–water partition coefficient (Wildman–Crippen LogP) is 0.832. The Kier molecular flexibility index (Phi) is 3.09. The molecule has 19 heavy (non-hydrogen) atoms. The second kappa shape index (κ2) is 4.52. The number of amides is 1. The number of β-lactam (4-membered cyclic amide) rings is 1. The first-order valence-electron chi connectivity index (χ1n) is 6.61. The van der Waals surface area contributed by atoms with Crippen molar-refractivity contribution in [3.05, 3.63) is 11.3 Å². The van der Waals surface area contributed by atoms with Gasteiger partial charge in [-0.05, 0) is 37.5 Å². The van der Waals surface area contributed by atoms with Crippen molar-refractivity contribution in [2.45, 2.75) is 43.6 Å². The minimum absolute atomic E-state index is 0.144. The van der Waals surface area contributed by atoms with Gasteiger partial charge in [-0.2, -0.15) is 11.8 Å². The first kappa shape index (κ1) is 13.0. The summed E-state index contributed by atoms with van der Waals surface area (Å²) in [7, 11) is 0. The van der Waals surface area contributed by atoms with Crippen molar-refractivity contribution in [1.29, 1.82) is 0 Å². The Hall–Kier alpha value is -1.01. The van der Waals surface area contributed by atoms with Crippen LogP contribution in [0, 0.1) is 5.92 Å². The molecule has 0 bridgehead atoms. The van der Waals surface area contributed by atoms with Crippen LogP contribution in [0.1, 0.15) is 26.2 Å². The van der Waals surface area contributed by atoms with Crippen LogP contribution in [0.3, 0.4) is 0 Å². The van der Waals surface area contributed by atoms with E-state index in [2.05, 4.69) is 0 Å². The lowest BCUT2D eigenvalue weighted by Crippen LogP contribution is -2.61. The van der Waals surface area contributed by atoms with Gasteiger partial charge in [-0.15, -0.1) is 0 Å². The number of thioether (sulfide) groups is 1. The van der Waals surface area contributed by atoms with Gasteiger partial charge < -0.3 is 15.1 Å². The van der Waals surface area contributed by atoms with Crippen molar-refractivity contribution in [2.75, 3.05) is 5.75 Å². The lowest BCUT2D eigenvalue weighted by molar-refractivity contribution is -0.161. The highest BCUT2D eigenvalue weighted by atomic mass is 32.2. The van der Waals surface area contributed by atoms with Gasteiger partial charge in [0, 0.05) is 5.25 Å². The summed E-state index contributed by atoms with van der Waals surface area (Å²) < 4.78 is 0. The Bertz CT molecular complexity index is 467. The van der Waals surface area contributed by atoms with E-state index in [-0.39, 0.29) is 22.9 Å². The summed E-state index contributed by atoms with van der Waals surface area (Å²) in [5, 5.41) is 19.3. The van der Waals surface area contributed by atoms with E-state index in [1.807, 2.05) is 0 Å². The highest BCUT2D eigenvalue weighted by Crippen LogP contribution is 2.48. The van der Waals surface area contributed by atoms with Gasteiger partial charge in [0.05, 0.1) is 18.1 Å². The molecule has 2 saturated heterocycles. The Morgan fingerprint density at radius 2 is 2.26 bits per heavy atom. The van der Waals surface area contributed by atoms with Crippen molar-refractivity contribution in [2.24, 2.45) is 5.92 Å². The van der Waals surface area contributed by atoms with Crippen molar-refractivity contribution in [1.82, 2.24) is 4.90 Å². The van der Waals surface area contributed by atoms with E-state index in [4.69, 9.17) is 0 Å². The third kappa shape index (κ3) is 1.80. The molecule has 3 heterocycles. The Balaban J connectivity index is 1.91. The van der Waals surface area contributed by atoms with Crippen molar-refractivity contribution in [3.8, 4) is 0 Å². The van der Waals surface area contributed by atoms with Crippen LogP contribution in [-0.4, -0.2) is 50.1 Å². The van der Waals surface area contributed by atoms with Crippen molar-refractivity contribution in [3.63, 3.8) is 0 Å². The number of aliphatic carboxylic acids is 1. The molecular weight excluding hydrogens is 266 g/mol. The largest absolute Gasteiger partial charge is 0.477 e. The van der Waals surface area contributed by atoms with E-state index in [0.29, 0.717) is 6.42 Å². The number of rotatable bonds is 3. The summed E-state index contributed by atoms with van der Waals surface area (Å²) in [6, 6.07) is -0.144. The summed E-state index contributed by atoms with van der Waals surface area (Å²) in [4.78, 5) is 24.9. The maximum atomic E-state index is 12.0. The molecule has 0 aromatic carbocycles. The van der Waals surface area contributed by atoms with Crippen LogP contribution >= 0.6 is 11.8 Å². The SMILES string of the molecule is C[C@@H](O)[C@H]1C(=O)N2C(C(=O)O)=C([C@@H]3CCCS3)C[C@H]12. The Morgan fingerprint density at radius 1 is 1.53 bits per heavy atom. The number of carbonyl (C=O) groups is 2. The van der Waals surface area contributed by atoms with Gasteiger partial charge in [-0.1, -0.05) is 0 Å². The average Bonchev–Trinajstić information content (AvgIpc) is 2.92. The maximum absolute atomic E-state index is 12.0. The molecule has 0 spiro atoms. The van der Waals surface area contributed by atoms with Crippen LogP contribution in [0.4, 0.5) is 0 Å². The van der Waals surface area contributed by atoms with E-state index >= 15 is 0 Å². The third-order valence-corrected chi connectivity index (χ3v) is 5.73. The van der Waals surface area contributed by atoms with Crippen LogP contribution in [0.15, 0.2) is 11.3 Å². The molecule has 3 rings (SSSR count). The monoisotopic (exact) mass is 283 g/mol. The van der Waals surface area contributed by atoms with Crippen LogP contribution in [0.2, 0.25) is 0 Å². The number of carboxylic acids is 1. The number of hydrogen-bond acceptors (Lipinski definition) is 4. The fourth-order valence-electron chi connectivity index (χ4n) is 3.44. The molecule has 3 aliphatic rings. The second-order valence-electron chi connectivity index (χ2n) is 5.43. The molecule has 2 fully saturated rings. The van der Waals surface area contributed by atoms with Gasteiger partial charge in [-0.3, -0.25) is 4.79 Å². The molecule has 5 nitrogen and oxygen atoms in total. The Labute approximate surface area is 115 Å². The summed E-state index contributed by atoms with van der Waals surface area (Å²) in [6.45, 7) is 1.60. The summed E-state index contributed by atoms with van der Waals surface area (Å²) in [5.41, 5.74) is 1.09. The number of fused-ring (bicyclic) bond motifs is 1. The Morgan fingerprint density at radius 3 is 2.79 bits per heavy atom. The van der Waals surface area contributed by atoms with Gasteiger partial charge in [0.15, 0.2) is 0 Å². The van der Waals surface area contributed by atoms with Crippen molar-refractivity contribution < 1.29 is 19.8 Å².